The lowest BCUT2D eigenvalue weighted by Gasteiger charge is -2.16. The molecule has 104 valence electrons. The minimum atomic E-state index is -0.875. The Kier molecular flexibility index (Phi) is 4.35. The van der Waals surface area contributed by atoms with Gasteiger partial charge in [0.05, 0.1) is 13.0 Å². The zero-order valence-corrected chi connectivity index (χ0v) is 11.5. The maximum absolute atomic E-state index is 11.6. The Hall–Kier alpha value is -2.36. The molecule has 4 nitrogen and oxygen atoms in total. The van der Waals surface area contributed by atoms with E-state index >= 15 is 0 Å². The standard InChI is InChI=1S/C16H17NO3/c1-11-6-7-15(20-2)13(9-11)14(16(18)19)10-12-5-3-4-8-17-12/h3-9,14H,10H2,1-2H3,(H,18,19). The van der Waals surface area contributed by atoms with E-state index in [0.29, 0.717) is 17.7 Å². The number of hydrogen-bond acceptors (Lipinski definition) is 3. The van der Waals surface area contributed by atoms with E-state index in [0.717, 1.165) is 11.3 Å². The van der Waals surface area contributed by atoms with Gasteiger partial charge in [0.1, 0.15) is 5.75 Å². The molecule has 1 unspecified atom stereocenters. The van der Waals surface area contributed by atoms with Gasteiger partial charge in [-0.05, 0) is 25.1 Å². The summed E-state index contributed by atoms with van der Waals surface area (Å²) in [6.45, 7) is 1.93. The fourth-order valence-electron chi connectivity index (χ4n) is 2.18. The first-order valence-corrected chi connectivity index (χ1v) is 6.39. The second-order valence-electron chi connectivity index (χ2n) is 4.66. The van der Waals surface area contributed by atoms with E-state index in [1.807, 2.05) is 37.3 Å². The van der Waals surface area contributed by atoms with Gasteiger partial charge < -0.3 is 9.84 Å². The summed E-state index contributed by atoms with van der Waals surface area (Å²) in [7, 11) is 1.55. The van der Waals surface area contributed by atoms with Crippen molar-refractivity contribution in [3.63, 3.8) is 0 Å². The van der Waals surface area contributed by atoms with Crippen LogP contribution in [0.5, 0.6) is 5.75 Å². The van der Waals surface area contributed by atoms with Gasteiger partial charge in [-0.3, -0.25) is 9.78 Å². The number of carboxylic acids is 1. The summed E-state index contributed by atoms with van der Waals surface area (Å²) in [5, 5.41) is 9.52. The Morgan fingerprint density at radius 3 is 2.75 bits per heavy atom. The van der Waals surface area contributed by atoms with E-state index in [2.05, 4.69) is 4.98 Å². The molecule has 0 aliphatic carbocycles. The molecule has 2 aromatic rings. The number of aryl methyl sites for hydroxylation is 1. The average Bonchev–Trinajstić information content (AvgIpc) is 2.45. The quantitative estimate of drug-likeness (QED) is 0.908. The summed E-state index contributed by atoms with van der Waals surface area (Å²) < 4.78 is 5.29. The summed E-state index contributed by atoms with van der Waals surface area (Å²) in [6, 6.07) is 11.1. The lowest BCUT2D eigenvalue weighted by Crippen LogP contribution is -2.16. The topological polar surface area (TPSA) is 59.4 Å². The number of carboxylic acid groups (broad SMARTS) is 1. The van der Waals surface area contributed by atoms with Gasteiger partial charge in [0.25, 0.3) is 0 Å². The molecular formula is C16H17NO3. The van der Waals surface area contributed by atoms with Gasteiger partial charge in [0, 0.05) is 23.9 Å². The highest BCUT2D eigenvalue weighted by Gasteiger charge is 2.24. The second kappa shape index (κ2) is 6.19. The maximum atomic E-state index is 11.6. The van der Waals surface area contributed by atoms with Gasteiger partial charge in [0.15, 0.2) is 0 Å². The Labute approximate surface area is 118 Å². The summed E-state index contributed by atoms with van der Waals surface area (Å²) in [5.41, 5.74) is 2.45. The molecule has 1 N–H and O–H groups in total. The molecule has 2 rings (SSSR count). The average molecular weight is 271 g/mol. The molecule has 1 aromatic carbocycles. The Balaban J connectivity index is 2.38. The monoisotopic (exact) mass is 271 g/mol. The second-order valence-corrected chi connectivity index (χ2v) is 4.66. The molecule has 0 saturated carbocycles. The van der Waals surface area contributed by atoms with Gasteiger partial charge in [-0.15, -0.1) is 0 Å². The third-order valence-electron chi connectivity index (χ3n) is 3.20. The number of carbonyl (C=O) groups is 1. The lowest BCUT2D eigenvalue weighted by atomic mass is 9.92. The normalized spacial score (nSPS) is 11.9. The van der Waals surface area contributed by atoms with Gasteiger partial charge in [0.2, 0.25) is 0 Å². The smallest absolute Gasteiger partial charge is 0.311 e. The number of nitrogens with zero attached hydrogens (tertiary/aromatic N) is 1. The van der Waals surface area contributed by atoms with E-state index in [-0.39, 0.29) is 0 Å². The van der Waals surface area contributed by atoms with Crippen LogP contribution in [0.3, 0.4) is 0 Å². The van der Waals surface area contributed by atoms with Crippen molar-refractivity contribution in [1.29, 1.82) is 0 Å². The molecule has 1 heterocycles. The van der Waals surface area contributed by atoms with E-state index in [1.54, 1.807) is 19.4 Å². The van der Waals surface area contributed by atoms with Crippen molar-refractivity contribution in [2.45, 2.75) is 19.3 Å². The highest BCUT2D eigenvalue weighted by molar-refractivity contribution is 5.77. The van der Waals surface area contributed by atoms with Crippen LogP contribution in [0.4, 0.5) is 0 Å². The largest absolute Gasteiger partial charge is 0.496 e. The van der Waals surface area contributed by atoms with Crippen molar-refractivity contribution in [3.05, 3.63) is 59.4 Å². The van der Waals surface area contributed by atoms with Crippen LogP contribution in [0.2, 0.25) is 0 Å². The van der Waals surface area contributed by atoms with Crippen molar-refractivity contribution in [3.8, 4) is 5.75 Å². The van der Waals surface area contributed by atoms with Crippen LogP contribution in [-0.4, -0.2) is 23.2 Å². The van der Waals surface area contributed by atoms with Crippen LogP contribution in [-0.2, 0) is 11.2 Å². The molecule has 4 heteroatoms. The number of aromatic nitrogens is 1. The first-order chi connectivity index (χ1) is 9.61. The Morgan fingerprint density at radius 2 is 2.15 bits per heavy atom. The molecule has 0 bridgehead atoms. The maximum Gasteiger partial charge on any atom is 0.311 e. The van der Waals surface area contributed by atoms with Crippen molar-refractivity contribution in [2.24, 2.45) is 0 Å². The first-order valence-electron chi connectivity index (χ1n) is 6.39. The highest BCUT2D eigenvalue weighted by atomic mass is 16.5. The third kappa shape index (κ3) is 3.15. The minimum absolute atomic E-state index is 0.343. The minimum Gasteiger partial charge on any atom is -0.496 e. The number of hydrogen-bond donors (Lipinski definition) is 1. The number of benzene rings is 1. The Bertz CT molecular complexity index is 596. The molecule has 0 saturated heterocycles. The molecule has 1 atom stereocenters. The van der Waals surface area contributed by atoms with Crippen molar-refractivity contribution in [2.75, 3.05) is 7.11 Å². The third-order valence-corrected chi connectivity index (χ3v) is 3.20. The molecular weight excluding hydrogens is 254 g/mol. The number of rotatable bonds is 5. The summed E-state index contributed by atoms with van der Waals surface area (Å²) in [5.74, 6) is -0.946. The predicted molar refractivity (Wildman–Crippen MR) is 76.0 cm³/mol. The zero-order valence-electron chi connectivity index (χ0n) is 11.5. The van der Waals surface area contributed by atoms with E-state index < -0.39 is 11.9 Å². The van der Waals surface area contributed by atoms with Crippen molar-refractivity contribution >= 4 is 5.97 Å². The van der Waals surface area contributed by atoms with E-state index in [9.17, 15) is 9.90 Å². The van der Waals surface area contributed by atoms with Crippen molar-refractivity contribution < 1.29 is 14.6 Å². The summed E-state index contributed by atoms with van der Waals surface area (Å²) in [6.07, 6.45) is 2.01. The van der Waals surface area contributed by atoms with Crippen LogP contribution in [0, 0.1) is 6.92 Å². The van der Waals surface area contributed by atoms with Gasteiger partial charge in [-0.2, -0.15) is 0 Å². The number of ether oxygens (including phenoxy) is 1. The number of methoxy groups -OCH3 is 1. The van der Waals surface area contributed by atoms with Crippen LogP contribution < -0.4 is 4.74 Å². The Morgan fingerprint density at radius 1 is 1.35 bits per heavy atom. The molecule has 0 radical (unpaired) electrons. The lowest BCUT2D eigenvalue weighted by molar-refractivity contribution is -0.138. The van der Waals surface area contributed by atoms with E-state index in [4.69, 9.17) is 4.74 Å². The fourth-order valence-corrected chi connectivity index (χ4v) is 2.18. The molecule has 0 aliphatic rings. The zero-order chi connectivity index (χ0) is 14.5. The summed E-state index contributed by atoms with van der Waals surface area (Å²) >= 11 is 0. The predicted octanol–water partition coefficient (Wildman–Crippen LogP) is 2.81. The van der Waals surface area contributed by atoms with Gasteiger partial charge >= 0.3 is 5.97 Å². The molecule has 0 spiro atoms. The molecule has 0 amide bonds. The molecule has 1 aromatic heterocycles. The first kappa shape index (κ1) is 14.1. The fraction of sp³-hybridized carbons (Fsp3) is 0.250. The van der Waals surface area contributed by atoms with Crippen LogP contribution in [0.1, 0.15) is 22.7 Å². The van der Waals surface area contributed by atoms with Gasteiger partial charge in [-0.1, -0.05) is 23.8 Å². The van der Waals surface area contributed by atoms with E-state index in [1.165, 1.54) is 0 Å². The SMILES string of the molecule is COc1ccc(C)cc1C(Cc1ccccn1)C(=O)O. The number of pyridine rings is 1. The molecule has 0 fully saturated rings. The van der Waals surface area contributed by atoms with Gasteiger partial charge in [-0.25, -0.2) is 0 Å². The number of aliphatic carboxylic acids is 1. The van der Waals surface area contributed by atoms with Crippen LogP contribution in [0.15, 0.2) is 42.6 Å². The van der Waals surface area contributed by atoms with Crippen LogP contribution in [0.25, 0.3) is 0 Å². The molecule has 0 aliphatic heterocycles. The van der Waals surface area contributed by atoms with Crippen molar-refractivity contribution in [1.82, 2.24) is 4.98 Å². The van der Waals surface area contributed by atoms with Crippen LogP contribution >= 0.6 is 0 Å². The summed E-state index contributed by atoms with van der Waals surface area (Å²) in [4.78, 5) is 15.8. The highest BCUT2D eigenvalue weighted by Crippen LogP contribution is 2.30. The molecule has 20 heavy (non-hydrogen) atoms.